The highest BCUT2D eigenvalue weighted by Gasteiger charge is 2.09. The molecule has 0 aliphatic carbocycles. The predicted molar refractivity (Wildman–Crippen MR) is 74.1 cm³/mol. The van der Waals surface area contributed by atoms with Crippen molar-refractivity contribution in [3.63, 3.8) is 0 Å². The molecule has 0 radical (unpaired) electrons. The van der Waals surface area contributed by atoms with Gasteiger partial charge in [-0.3, -0.25) is 0 Å². The summed E-state index contributed by atoms with van der Waals surface area (Å²) in [6.45, 7) is 7.19. The van der Waals surface area contributed by atoms with Crippen molar-refractivity contribution in [1.29, 1.82) is 0 Å². The zero-order chi connectivity index (χ0) is 13.0. The minimum atomic E-state index is 0.0951. The average molecular weight is 241 g/mol. The van der Waals surface area contributed by atoms with Crippen LogP contribution >= 0.6 is 0 Å². The van der Waals surface area contributed by atoms with Crippen LogP contribution in [0.1, 0.15) is 26.5 Å². The smallest absolute Gasteiger partial charge is 0.159 e. The molecule has 94 valence electrons. The molecule has 0 saturated heterocycles. The van der Waals surface area contributed by atoms with Gasteiger partial charge >= 0.3 is 0 Å². The van der Waals surface area contributed by atoms with Gasteiger partial charge in [-0.1, -0.05) is 30.3 Å². The highest BCUT2D eigenvalue weighted by Crippen LogP contribution is 2.13. The second kappa shape index (κ2) is 5.27. The molecule has 1 N–H and O–H groups in total. The lowest BCUT2D eigenvalue weighted by atomic mass is 10.1. The number of nitrogens with zero attached hydrogens (tertiary/aromatic N) is 2. The van der Waals surface area contributed by atoms with Gasteiger partial charge in [0.2, 0.25) is 0 Å². The van der Waals surface area contributed by atoms with Crippen LogP contribution in [-0.4, -0.2) is 15.5 Å². The van der Waals surface area contributed by atoms with E-state index < -0.39 is 0 Å². The van der Waals surface area contributed by atoms with Crippen molar-refractivity contribution in [2.24, 2.45) is 0 Å². The summed E-state index contributed by atoms with van der Waals surface area (Å²) in [5.74, 6) is 0.781. The molecule has 0 unspecified atom stereocenters. The summed E-state index contributed by atoms with van der Waals surface area (Å²) in [6, 6.07) is 12.0. The lowest BCUT2D eigenvalue weighted by Gasteiger charge is -2.20. The third kappa shape index (κ3) is 3.64. The molecule has 0 spiro atoms. The fourth-order valence-electron chi connectivity index (χ4n) is 1.58. The van der Waals surface area contributed by atoms with E-state index in [-0.39, 0.29) is 5.54 Å². The molecule has 0 aliphatic rings. The molecule has 1 heterocycles. The normalized spacial score (nSPS) is 11.5. The third-order valence-electron chi connectivity index (χ3n) is 2.55. The number of aromatic nitrogens is 2. The molecule has 0 amide bonds. The van der Waals surface area contributed by atoms with Gasteiger partial charge in [0.25, 0.3) is 0 Å². The van der Waals surface area contributed by atoms with Gasteiger partial charge in [0, 0.05) is 23.8 Å². The van der Waals surface area contributed by atoms with E-state index in [0.29, 0.717) is 0 Å². The van der Waals surface area contributed by atoms with Crippen molar-refractivity contribution in [2.45, 2.75) is 32.9 Å². The Kier molecular flexibility index (Phi) is 3.72. The van der Waals surface area contributed by atoms with E-state index in [4.69, 9.17) is 0 Å². The third-order valence-corrected chi connectivity index (χ3v) is 2.55. The summed E-state index contributed by atoms with van der Waals surface area (Å²) in [5.41, 5.74) is 2.16. The van der Waals surface area contributed by atoms with Gasteiger partial charge < -0.3 is 5.32 Å². The number of benzene rings is 1. The van der Waals surface area contributed by atoms with Gasteiger partial charge in [-0.2, -0.15) is 0 Å². The minimum Gasteiger partial charge on any atom is -0.306 e. The van der Waals surface area contributed by atoms with Crippen molar-refractivity contribution < 1.29 is 0 Å². The fraction of sp³-hybridized carbons (Fsp3) is 0.333. The van der Waals surface area contributed by atoms with Crippen molar-refractivity contribution in [2.75, 3.05) is 0 Å². The van der Waals surface area contributed by atoms with E-state index in [2.05, 4.69) is 36.1 Å². The Balaban J connectivity index is 2.16. The first-order valence-electron chi connectivity index (χ1n) is 6.17. The zero-order valence-corrected chi connectivity index (χ0v) is 11.1. The summed E-state index contributed by atoms with van der Waals surface area (Å²) >= 11 is 0. The lowest BCUT2D eigenvalue weighted by molar-refractivity contribution is 0.421. The SMILES string of the molecule is CC(C)(C)NCc1ccnc(-c2ccccc2)n1. The molecule has 0 aliphatic heterocycles. The van der Waals surface area contributed by atoms with Gasteiger partial charge in [0.1, 0.15) is 0 Å². The van der Waals surface area contributed by atoms with E-state index >= 15 is 0 Å². The van der Waals surface area contributed by atoms with Gasteiger partial charge in [0.15, 0.2) is 5.82 Å². The minimum absolute atomic E-state index is 0.0951. The number of hydrogen-bond donors (Lipinski definition) is 1. The highest BCUT2D eigenvalue weighted by atomic mass is 15.0. The van der Waals surface area contributed by atoms with Crippen molar-refractivity contribution >= 4 is 0 Å². The van der Waals surface area contributed by atoms with Gasteiger partial charge in [-0.05, 0) is 26.8 Å². The lowest BCUT2D eigenvalue weighted by Crippen LogP contribution is -2.35. The van der Waals surface area contributed by atoms with Crippen LogP contribution in [0.4, 0.5) is 0 Å². The molecule has 0 atom stereocenters. The number of hydrogen-bond acceptors (Lipinski definition) is 3. The largest absolute Gasteiger partial charge is 0.306 e. The molecule has 1 aromatic heterocycles. The van der Waals surface area contributed by atoms with Crippen LogP contribution in [0.2, 0.25) is 0 Å². The Bertz CT molecular complexity index is 501. The van der Waals surface area contributed by atoms with Gasteiger partial charge in [-0.15, -0.1) is 0 Å². The molecule has 2 aromatic rings. The molecule has 1 aromatic carbocycles. The van der Waals surface area contributed by atoms with Crippen molar-refractivity contribution in [3.8, 4) is 11.4 Å². The van der Waals surface area contributed by atoms with Crippen LogP contribution in [0, 0.1) is 0 Å². The number of nitrogens with one attached hydrogen (secondary N) is 1. The quantitative estimate of drug-likeness (QED) is 0.897. The Labute approximate surface area is 108 Å². The summed E-state index contributed by atoms with van der Waals surface area (Å²) in [5, 5.41) is 3.43. The summed E-state index contributed by atoms with van der Waals surface area (Å²) < 4.78 is 0. The average Bonchev–Trinajstić information content (AvgIpc) is 2.37. The molecule has 0 bridgehead atoms. The Morgan fingerprint density at radius 3 is 2.44 bits per heavy atom. The Morgan fingerprint density at radius 2 is 1.78 bits per heavy atom. The molecular weight excluding hydrogens is 222 g/mol. The maximum absolute atomic E-state index is 4.57. The molecule has 0 fully saturated rings. The van der Waals surface area contributed by atoms with Gasteiger partial charge in [-0.25, -0.2) is 9.97 Å². The van der Waals surface area contributed by atoms with Crippen LogP contribution in [0.3, 0.4) is 0 Å². The number of rotatable bonds is 3. The predicted octanol–water partition coefficient (Wildman–Crippen LogP) is 3.03. The first-order valence-corrected chi connectivity index (χ1v) is 6.17. The molecule has 2 rings (SSSR count). The van der Waals surface area contributed by atoms with Crippen LogP contribution < -0.4 is 5.32 Å². The van der Waals surface area contributed by atoms with Crippen molar-refractivity contribution in [1.82, 2.24) is 15.3 Å². The topological polar surface area (TPSA) is 37.8 Å². The fourth-order valence-corrected chi connectivity index (χ4v) is 1.58. The maximum atomic E-state index is 4.57. The van der Waals surface area contributed by atoms with Crippen molar-refractivity contribution in [3.05, 3.63) is 48.3 Å². The molecule has 3 nitrogen and oxygen atoms in total. The van der Waals surface area contributed by atoms with E-state index in [9.17, 15) is 0 Å². The zero-order valence-electron chi connectivity index (χ0n) is 11.1. The standard InChI is InChI=1S/C15H19N3/c1-15(2,3)17-11-13-9-10-16-14(18-13)12-7-5-4-6-8-12/h4-10,17H,11H2,1-3H3. The van der Waals surface area contributed by atoms with E-state index in [1.54, 1.807) is 0 Å². The summed E-state index contributed by atoms with van der Waals surface area (Å²) in [6.07, 6.45) is 1.81. The van der Waals surface area contributed by atoms with E-state index in [0.717, 1.165) is 23.6 Å². The van der Waals surface area contributed by atoms with Crippen LogP contribution in [0.25, 0.3) is 11.4 Å². The molecule has 3 heteroatoms. The highest BCUT2D eigenvalue weighted by molar-refractivity contribution is 5.54. The summed E-state index contributed by atoms with van der Waals surface area (Å²) in [4.78, 5) is 8.89. The van der Waals surface area contributed by atoms with E-state index in [1.807, 2.05) is 42.6 Å². The first-order chi connectivity index (χ1) is 8.54. The van der Waals surface area contributed by atoms with Crippen LogP contribution in [0.5, 0.6) is 0 Å². The first kappa shape index (κ1) is 12.7. The van der Waals surface area contributed by atoms with Gasteiger partial charge in [0.05, 0.1) is 5.69 Å². The van der Waals surface area contributed by atoms with Crippen LogP contribution in [0.15, 0.2) is 42.6 Å². The monoisotopic (exact) mass is 241 g/mol. The van der Waals surface area contributed by atoms with Crippen LogP contribution in [-0.2, 0) is 6.54 Å². The molecule has 0 saturated carbocycles. The molecular formula is C15H19N3. The Morgan fingerprint density at radius 1 is 1.06 bits per heavy atom. The maximum Gasteiger partial charge on any atom is 0.159 e. The second-order valence-corrected chi connectivity index (χ2v) is 5.34. The van der Waals surface area contributed by atoms with E-state index in [1.165, 1.54) is 0 Å². The molecule has 18 heavy (non-hydrogen) atoms. The second-order valence-electron chi connectivity index (χ2n) is 5.34. The summed E-state index contributed by atoms with van der Waals surface area (Å²) in [7, 11) is 0. The Hall–Kier alpha value is -1.74.